The van der Waals surface area contributed by atoms with E-state index in [2.05, 4.69) is 22.9 Å². The number of hydrogen-bond donors (Lipinski definition) is 1. The number of amides is 1. The van der Waals surface area contributed by atoms with E-state index in [1.54, 1.807) is 0 Å². The zero-order chi connectivity index (χ0) is 18.0. The maximum atomic E-state index is 11.8. The van der Waals surface area contributed by atoms with Crippen LogP contribution in [-0.4, -0.2) is 10.5 Å². The summed E-state index contributed by atoms with van der Waals surface area (Å²) in [5.74, 6) is -0.0689. The minimum atomic E-state index is -0.0625. The number of carbonyl (C=O) groups excluding carboxylic acids is 1. The maximum absolute atomic E-state index is 11.8. The van der Waals surface area contributed by atoms with Crippen LogP contribution in [0.2, 0.25) is 0 Å². The van der Waals surface area contributed by atoms with Crippen molar-refractivity contribution in [3.05, 3.63) is 54.1 Å². The average Bonchev–Trinajstić information content (AvgIpc) is 2.95. The molecule has 3 aromatic rings. The Morgan fingerprint density at radius 3 is 2.44 bits per heavy atom. The van der Waals surface area contributed by atoms with Crippen LogP contribution in [0.3, 0.4) is 0 Å². The molecular weight excluding hydrogens is 310 g/mol. The monoisotopic (exact) mass is 331 g/mol. The molecule has 0 bridgehead atoms. The molecule has 0 unspecified atom stereocenters. The highest BCUT2D eigenvalue weighted by molar-refractivity contribution is 5.95. The van der Waals surface area contributed by atoms with Gasteiger partial charge in [-0.2, -0.15) is 5.26 Å². The number of nitrogens with zero attached hydrogens (tertiary/aromatic N) is 2. The second kappa shape index (κ2) is 6.82. The Morgan fingerprint density at radius 1 is 1.16 bits per heavy atom. The number of para-hydroxylation sites is 1. The van der Waals surface area contributed by atoms with E-state index in [4.69, 9.17) is 0 Å². The van der Waals surface area contributed by atoms with Crippen molar-refractivity contribution in [3.8, 4) is 17.3 Å². The smallest absolute Gasteiger partial charge is 0.226 e. The third kappa shape index (κ3) is 3.01. The van der Waals surface area contributed by atoms with E-state index in [0.29, 0.717) is 5.56 Å². The molecule has 0 aliphatic rings. The number of benzene rings is 2. The number of carbonyl (C=O) groups is 1. The lowest BCUT2D eigenvalue weighted by atomic mass is 10.1. The summed E-state index contributed by atoms with van der Waals surface area (Å²) in [5.41, 5.74) is 4.41. The minimum absolute atomic E-state index is 0.00636. The molecule has 3 rings (SSSR count). The number of nitrogens with one attached hydrogen (secondary N) is 1. The number of hydrogen-bond acceptors (Lipinski definition) is 2. The fourth-order valence-corrected chi connectivity index (χ4v) is 3.04. The number of anilines is 1. The molecule has 2 aromatic carbocycles. The lowest BCUT2D eigenvalue weighted by molar-refractivity contribution is -0.118. The van der Waals surface area contributed by atoms with Crippen LogP contribution in [0.25, 0.3) is 22.2 Å². The Bertz CT molecular complexity index is 959. The van der Waals surface area contributed by atoms with Gasteiger partial charge in [0.15, 0.2) is 0 Å². The molecule has 4 heteroatoms. The zero-order valence-electron chi connectivity index (χ0n) is 14.7. The molecule has 0 atom stereocenters. The van der Waals surface area contributed by atoms with Crippen molar-refractivity contribution in [1.29, 1.82) is 5.26 Å². The Balaban J connectivity index is 2.08. The van der Waals surface area contributed by atoms with Gasteiger partial charge in [-0.25, -0.2) is 0 Å². The van der Waals surface area contributed by atoms with E-state index in [-0.39, 0.29) is 11.8 Å². The molecule has 126 valence electrons. The first-order valence-corrected chi connectivity index (χ1v) is 8.49. The highest BCUT2D eigenvalue weighted by atomic mass is 16.1. The van der Waals surface area contributed by atoms with E-state index in [1.165, 1.54) is 0 Å². The summed E-state index contributed by atoms with van der Waals surface area (Å²) in [5, 5.41) is 13.6. The molecular formula is C21H21N3O. The molecule has 25 heavy (non-hydrogen) atoms. The van der Waals surface area contributed by atoms with Crippen molar-refractivity contribution in [2.45, 2.75) is 27.3 Å². The van der Waals surface area contributed by atoms with Crippen molar-refractivity contribution in [3.63, 3.8) is 0 Å². The van der Waals surface area contributed by atoms with Crippen molar-refractivity contribution >= 4 is 22.5 Å². The van der Waals surface area contributed by atoms with Crippen LogP contribution < -0.4 is 5.32 Å². The van der Waals surface area contributed by atoms with Gasteiger partial charge >= 0.3 is 0 Å². The number of nitriles is 1. The fraction of sp³-hybridized carbons (Fsp3) is 0.238. The van der Waals surface area contributed by atoms with Gasteiger partial charge in [-0.15, -0.1) is 0 Å². The normalized spacial score (nSPS) is 10.8. The van der Waals surface area contributed by atoms with E-state index in [9.17, 15) is 10.1 Å². The predicted molar refractivity (Wildman–Crippen MR) is 101 cm³/mol. The van der Waals surface area contributed by atoms with Crippen LogP contribution in [-0.2, 0) is 11.3 Å². The molecule has 1 amide bonds. The van der Waals surface area contributed by atoms with Gasteiger partial charge in [0.2, 0.25) is 5.91 Å². The van der Waals surface area contributed by atoms with Gasteiger partial charge in [0.1, 0.15) is 6.07 Å². The van der Waals surface area contributed by atoms with Gasteiger partial charge in [0, 0.05) is 29.1 Å². The second-order valence-corrected chi connectivity index (χ2v) is 6.32. The van der Waals surface area contributed by atoms with Gasteiger partial charge in [0.25, 0.3) is 0 Å². The molecule has 0 radical (unpaired) electrons. The van der Waals surface area contributed by atoms with Crippen LogP contribution in [0.4, 0.5) is 5.69 Å². The van der Waals surface area contributed by atoms with Crippen molar-refractivity contribution in [1.82, 2.24) is 4.57 Å². The molecule has 1 heterocycles. The number of aromatic nitrogens is 1. The third-order valence-corrected chi connectivity index (χ3v) is 4.35. The Labute approximate surface area is 147 Å². The molecule has 0 spiro atoms. The first-order chi connectivity index (χ1) is 12.1. The zero-order valence-corrected chi connectivity index (χ0v) is 14.7. The quantitative estimate of drug-likeness (QED) is 0.747. The maximum Gasteiger partial charge on any atom is 0.226 e. The van der Waals surface area contributed by atoms with E-state index >= 15 is 0 Å². The number of rotatable bonds is 4. The molecule has 4 nitrogen and oxygen atoms in total. The van der Waals surface area contributed by atoms with Crippen molar-refractivity contribution < 1.29 is 4.79 Å². The van der Waals surface area contributed by atoms with E-state index in [0.717, 1.165) is 34.4 Å². The average molecular weight is 331 g/mol. The van der Waals surface area contributed by atoms with Crippen LogP contribution >= 0.6 is 0 Å². The van der Waals surface area contributed by atoms with Gasteiger partial charge in [0.05, 0.1) is 11.3 Å². The Morgan fingerprint density at radius 2 is 1.84 bits per heavy atom. The summed E-state index contributed by atoms with van der Waals surface area (Å²) in [4.78, 5) is 11.8. The summed E-state index contributed by atoms with van der Waals surface area (Å²) < 4.78 is 2.16. The molecule has 0 saturated heterocycles. The highest BCUT2D eigenvalue weighted by Crippen LogP contribution is 2.33. The van der Waals surface area contributed by atoms with Crippen molar-refractivity contribution in [2.24, 2.45) is 5.92 Å². The summed E-state index contributed by atoms with van der Waals surface area (Å²) in [6.07, 6.45) is 0. The highest BCUT2D eigenvalue weighted by Gasteiger charge is 2.17. The SMILES string of the molecule is CCn1c(-c2ccc(NC(=O)C(C)C)cc2)c(C#N)c2ccccc21. The Hall–Kier alpha value is -3.06. The summed E-state index contributed by atoms with van der Waals surface area (Å²) in [7, 11) is 0. The van der Waals surface area contributed by atoms with E-state index < -0.39 is 0 Å². The van der Waals surface area contributed by atoms with Crippen LogP contribution in [0.1, 0.15) is 26.3 Å². The lowest BCUT2D eigenvalue weighted by Gasteiger charge is -2.11. The second-order valence-electron chi connectivity index (χ2n) is 6.32. The summed E-state index contributed by atoms with van der Waals surface area (Å²) >= 11 is 0. The predicted octanol–water partition coefficient (Wildman–Crippen LogP) is 4.79. The molecule has 1 aromatic heterocycles. The minimum Gasteiger partial charge on any atom is -0.340 e. The van der Waals surface area contributed by atoms with Gasteiger partial charge in [-0.3, -0.25) is 4.79 Å². The Kier molecular flexibility index (Phi) is 4.58. The number of aryl methyl sites for hydroxylation is 1. The fourth-order valence-electron chi connectivity index (χ4n) is 3.04. The van der Waals surface area contributed by atoms with Crippen molar-refractivity contribution in [2.75, 3.05) is 5.32 Å². The first-order valence-electron chi connectivity index (χ1n) is 8.49. The topological polar surface area (TPSA) is 57.8 Å². The van der Waals surface area contributed by atoms with Crippen LogP contribution in [0.15, 0.2) is 48.5 Å². The third-order valence-electron chi connectivity index (χ3n) is 4.35. The largest absolute Gasteiger partial charge is 0.340 e. The molecule has 0 aliphatic heterocycles. The van der Waals surface area contributed by atoms with Gasteiger partial charge < -0.3 is 9.88 Å². The number of fused-ring (bicyclic) bond motifs is 1. The lowest BCUT2D eigenvalue weighted by Crippen LogP contribution is -2.17. The van der Waals surface area contributed by atoms with Gasteiger partial charge in [-0.1, -0.05) is 44.2 Å². The summed E-state index contributed by atoms with van der Waals surface area (Å²) in [6.45, 7) is 6.59. The van der Waals surface area contributed by atoms with Gasteiger partial charge in [-0.05, 0) is 30.7 Å². The standard InChI is InChI=1S/C21H21N3O/c1-4-24-19-8-6-5-7-17(19)18(13-22)20(24)15-9-11-16(12-10-15)23-21(25)14(2)3/h5-12,14H,4H2,1-3H3,(H,23,25). The molecule has 0 saturated carbocycles. The van der Waals surface area contributed by atoms with E-state index in [1.807, 2.05) is 62.4 Å². The molecule has 0 aliphatic carbocycles. The molecule has 0 fully saturated rings. The van der Waals surface area contributed by atoms with Crippen LogP contribution in [0, 0.1) is 17.2 Å². The molecule has 1 N–H and O–H groups in total. The first kappa shape index (κ1) is 16.8. The van der Waals surface area contributed by atoms with Crippen LogP contribution in [0.5, 0.6) is 0 Å². The summed E-state index contributed by atoms with van der Waals surface area (Å²) in [6, 6.07) is 18.0.